The van der Waals surface area contributed by atoms with Crippen LogP contribution in [0.2, 0.25) is 0 Å². The quantitative estimate of drug-likeness (QED) is 0.464. The Hall–Kier alpha value is 0.360. The van der Waals surface area contributed by atoms with Gasteiger partial charge in [0.2, 0.25) is 0 Å². The van der Waals surface area contributed by atoms with Gasteiger partial charge in [0.15, 0.2) is 0 Å². The molecule has 0 aliphatic heterocycles. The molecule has 0 aliphatic carbocycles. The van der Waals surface area contributed by atoms with Crippen molar-refractivity contribution in [3.05, 3.63) is 0 Å². The molecule has 0 aromatic heterocycles. The Morgan fingerprint density at radius 1 is 0.909 bits per heavy atom. The van der Waals surface area contributed by atoms with Crippen molar-refractivity contribution < 1.29 is 45.1 Å². The van der Waals surface area contributed by atoms with E-state index in [2.05, 4.69) is 11.5 Å². The maximum atomic E-state index is 12.3. The minimum Gasteiger partial charge on any atom is -1.00 e. The normalized spacial score (nSPS) is 9.82. The molecule has 0 rings (SSSR count). The predicted octanol–water partition coefficient (Wildman–Crippen LogP) is -7.11. The van der Waals surface area contributed by atoms with E-state index in [1.807, 2.05) is 0 Å². The Morgan fingerprint density at radius 3 is 1.36 bits per heavy atom. The van der Waals surface area contributed by atoms with Crippen LogP contribution in [0.3, 0.4) is 0 Å². The summed E-state index contributed by atoms with van der Waals surface area (Å²) in [6.07, 6.45) is -0.217. The van der Waals surface area contributed by atoms with Gasteiger partial charge in [-0.15, -0.1) is 0 Å². The Kier molecular flexibility index (Phi) is 13.4. The first-order valence-electron chi connectivity index (χ1n) is 3.09. The van der Waals surface area contributed by atoms with Crippen LogP contribution in [0.15, 0.2) is 0 Å². The Balaban J connectivity index is -0.000000320. The molecule has 11 heavy (non-hydrogen) atoms. The number of hydrogen-bond donors (Lipinski definition) is 2. The van der Waals surface area contributed by atoms with E-state index in [0.717, 1.165) is 0 Å². The first-order chi connectivity index (χ1) is 4.12. The zero-order valence-corrected chi connectivity index (χ0v) is 7.77. The van der Waals surface area contributed by atoms with Crippen LogP contribution in [0.1, 0.15) is 12.8 Å². The molecule has 2 nitrogen and oxygen atoms in total. The highest BCUT2D eigenvalue weighted by atomic mass is 35.5. The summed E-state index contributed by atoms with van der Waals surface area (Å²) in [7, 11) is 0. The van der Waals surface area contributed by atoms with E-state index < -0.39 is 5.92 Å². The summed E-state index contributed by atoms with van der Waals surface area (Å²) in [5, 5.41) is 0. The van der Waals surface area contributed by atoms with Gasteiger partial charge in [-0.05, 0) is 0 Å². The fraction of sp³-hybridized carbons (Fsp3) is 1.00. The minimum absolute atomic E-state index is 0. The molecule has 0 spiro atoms. The average Bonchev–Trinajstić information content (AvgIpc) is 1.64. The summed E-state index contributed by atoms with van der Waals surface area (Å²) in [5.74, 6) is -2.52. The van der Waals surface area contributed by atoms with Crippen molar-refractivity contribution in [2.45, 2.75) is 18.8 Å². The van der Waals surface area contributed by atoms with Crippen molar-refractivity contribution >= 4 is 0 Å². The fourth-order valence-corrected chi connectivity index (χ4v) is 0.642. The molecule has 0 radical (unpaired) electrons. The predicted molar refractivity (Wildman–Crippen MR) is 29.7 cm³/mol. The molecule has 0 unspecified atom stereocenters. The van der Waals surface area contributed by atoms with E-state index >= 15 is 0 Å². The van der Waals surface area contributed by atoms with Crippen LogP contribution in [0.5, 0.6) is 0 Å². The molecule has 0 aromatic rings. The number of rotatable bonds is 4. The smallest absolute Gasteiger partial charge is 0.258 e. The van der Waals surface area contributed by atoms with Crippen LogP contribution in [-0.2, 0) is 0 Å². The van der Waals surface area contributed by atoms with Crippen LogP contribution in [-0.4, -0.2) is 19.0 Å². The number of quaternary nitrogens is 2. The summed E-state index contributed by atoms with van der Waals surface area (Å²) in [6.45, 7) is 0.597. The second-order valence-corrected chi connectivity index (χ2v) is 2.06. The molecular weight excluding hydrogens is 197 g/mol. The lowest BCUT2D eigenvalue weighted by Gasteiger charge is -2.10. The second-order valence-electron chi connectivity index (χ2n) is 2.06. The van der Waals surface area contributed by atoms with E-state index in [4.69, 9.17) is 0 Å². The molecule has 6 N–H and O–H groups in total. The van der Waals surface area contributed by atoms with E-state index in [0.29, 0.717) is 13.1 Å². The van der Waals surface area contributed by atoms with Gasteiger partial charge >= 0.3 is 0 Å². The zero-order chi connectivity index (χ0) is 7.33. The van der Waals surface area contributed by atoms with Crippen molar-refractivity contribution in [2.24, 2.45) is 0 Å². The number of hydrogen-bond acceptors (Lipinski definition) is 0. The van der Waals surface area contributed by atoms with Crippen molar-refractivity contribution in [1.82, 2.24) is 0 Å². The van der Waals surface area contributed by atoms with Crippen LogP contribution in [0, 0.1) is 0 Å². The van der Waals surface area contributed by atoms with Crippen LogP contribution < -0.4 is 36.3 Å². The van der Waals surface area contributed by atoms with Gasteiger partial charge in [-0.2, -0.15) is 0 Å². The van der Waals surface area contributed by atoms with E-state index in [9.17, 15) is 8.78 Å². The molecule has 72 valence electrons. The zero-order valence-electron chi connectivity index (χ0n) is 6.25. The fourth-order valence-electron chi connectivity index (χ4n) is 0.642. The third-order valence-electron chi connectivity index (χ3n) is 1.09. The first kappa shape index (κ1) is 17.4. The topological polar surface area (TPSA) is 55.3 Å². The van der Waals surface area contributed by atoms with Gasteiger partial charge in [-0.1, -0.05) is 0 Å². The van der Waals surface area contributed by atoms with Crippen molar-refractivity contribution in [3.63, 3.8) is 0 Å². The van der Waals surface area contributed by atoms with Crippen LogP contribution in [0.25, 0.3) is 0 Å². The summed E-state index contributed by atoms with van der Waals surface area (Å²) >= 11 is 0. The standard InChI is InChI=1S/C5H12F2N2.2ClH/c6-5(7,1-3-8)2-4-9;;/h1-4,8-9H2;2*1H. The molecule has 0 saturated heterocycles. The molecule has 0 aliphatic rings. The SMILES string of the molecule is [Cl-].[Cl-].[NH3+]CCC(F)(F)CC[NH3+]. The maximum Gasteiger partial charge on any atom is 0.258 e. The lowest BCUT2D eigenvalue weighted by molar-refractivity contribution is -0.387. The van der Waals surface area contributed by atoms with E-state index in [1.165, 1.54) is 0 Å². The Morgan fingerprint density at radius 2 is 1.18 bits per heavy atom. The van der Waals surface area contributed by atoms with Gasteiger partial charge in [0.25, 0.3) is 5.92 Å². The molecule has 0 saturated carbocycles. The molecular formula is C5H14Cl2F2N2. The van der Waals surface area contributed by atoms with Gasteiger partial charge in [0, 0.05) is 0 Å². The maximum absolute atomic E-state index is 12.3. The summed E-state index contributed by atoms with van der Waals surface area (Å²) in [4.78, 5) is 0. The summed E-state index contributed by atoms with van der Waals surface area (Å²) in [5.41, 5.74) is 6.71. The summed E-state index contributed by atoms with van der Waals surface area (Å²) in [6, 6.07) is 0. The lowest BCUT2D eigenvalue weighted by Crippen LogP contribution is -3.00. The van der Waals surface area contributed by atoms with Crippen molar-refractivity contribution in [3.8, 4) is 0 Å². The second kappa shape index (κ2) is 8.46. The number of alkyl halides is 2. The Bertz CT molecular complexity index is 74.9. The molecule has 0 heterocycles. The highest BCUT2D eigenvalue weighted by Gasteiger charge is 2.27. The number of halogens is 4. The highest BCUT2D eigenvalue weighted by Crippen LogP contribution is 2.19. The van der Waals surface area contributed by atoms with Crippen molar-refractivity contribution in [1.29, 1.82) is 0 Å². The van der Waals surface area contributed by atoms with Gasteiger partial charge in [-0.3, -0.25) is 0 Å². The van der Waals surface area contributed by atoms with Gasteiger partial charge < -0.3 is 36.3 Å². The molecule has 0 atom stereocenters. The minimum atomic E-state index is -2.52. The molecule has 0 aromatic carbocycles. The van der Waals surface area contributed by atoms with Gasteiger partial charge in [0.1, 0.15) is 0 Å². The summed E-state index contributed by atoms with van der Waals surface area (Å²) < 4.78 is 24.7. The van der Waals surface area contributed by atoms with Crippen LogP contribution >= 0.6 is 0 Å². The molecule has 6 heteroatoms. The third-order valence-corrected chi connectivity index (χ3v) is 1.09. The molecule has 0 amide bonds. The first-order valence-corrected chi connectivity index (χ1v) is 3.09. The van der Waals surface area contributed by atoms with Crippen molar-refractivity contribution in [2.75, 3.05) is 13.1 Å². The average molecular weight is 211 g/mol. The van der Waals surface area contributed by atoms with E-state index in [1.54, 1.807) is 0 Å². The molecule has 0 fully saturated rings. The lowest BCUT2D eigenvalue weighted by atomic mass is 10.2. The van der Waals surface area contributed by atoms with Gasteiger partial charge in [-0.25, -0.2) is 8.78 Å². The third kappa shape index (κ3) is 10.4. The Labute approximate surface area is 77.5 Å². The van der Waals surface area contributed by atoms with Gasteiger partial charge in [0.05, 0.1) is 25.9 Å². The largest absolute Gasteiger partial charge is 1.00 e. The monoisotopic (exact) mass is 210 g/mol. The molecule has 0 bridgehead atoms. The van der Waals surface area contributed by atoms with Crippen LogP contribution in [0.4, 0.5) is 8.78 Å². The highest BCUT2D eigenvalue weighted by molar-refractivity contribution is 4.62. The van der Waals surface area contributed by atoms with E-state index in [-0.39, 0.29) is 37.7 Å².